The van der Waals surface area contributed by atoms with Gasteiger partial charge in [-0.3, -0.25) is 4.79 Å². The summed E-state index contributed by atoms with van der Waals surface area (Å²) in [6, 6.07) is 5.93. The van der Waals surface area contributed by atoms with E-state index in [4.69, 9.17) is 4.74 Å². The maximum atomic E-state index is 12.2. The molecule has 4 nitrogen and oxygen atoms in total. The van der Waals surface area contributed by atoms with Crippen LogP contribution in [0.1, 0.15) is 55.3 Å². The number of nitrogens with zero attached hydrogens (tertiary/aromatic N) is 1. The maximum Gasteiger partial charge on any atom is 0.417 e. The van der Waals surface area contributed by atoms with Gasteiger partial charge in [-0.15, -0.1) is 0 Å². The highest BCUT2D eigenvalue weighted by atomic mass is 16.6. The highest BCUT2D eigenvalue weighted by Crippen LogP contribution is 2.35. The van der Waals surface area contributed by atoms with Crippen molar-refractivity contribution in [3.05, 3.63) is 34.9 Å². The summed E-state index contributed by atoms with van der Waals surface area (Å²) in [5, 5.41) is 0. The van der Waals surface area contributed by atoms with Crippen LogP contribution in [-0.2, 0) is 9.53 Å². The molecule has 0 radical (unpaired) electrons. The standard InChI is InChI=1S/C17H23NO3/c1-4-5-10-21-17(20)18-15(8-9-16(18)19)14-7-6-12(2)11-13(14)3/h6-7,11,15H,4-5,8-10H2,1-3H3. The minimum absolute atomic E-state index is 0.138. The number of likely N-dealkylation sites (tertiary alicyclic amines) is 1. The first-order valence-electron chi connectivity index (χ1n) is 7.60. The van der Waals surface area contributed by atoms with E-state index in [0.29, 0.717) is 19.4 Å². The van der Waals surface area contributed by atoms with Gasteiger partial charge in [0.25, 0.3) is 0 Å². The van der Waals surface area contributed by atoms with E-state index in [-0.39, 0.29) is 11.9 Å². The molecular weight excluding hydrogens is 266 g/mol. The number of amides is 2. The fourth-order valence-corrected chi connectivity index (χ4v) is 2.78. The molecule has 0 aromatic heterocycles. The summed E-state index contributed by atoms with van der Waals surface area (Å²) in [6.07, 6.45) is 2.35. The molecule has 1 atom stereocenters. The molecule has 1 unspecified atom stereocenters. The zero-order chi connectivity index (χ0) is 15.4. The van der Waals surface area contributed by atoms with Crippen LogP contribution in [0.4, 0.5) is 4.79 Å². The van der Waals surface area contributed by atoms with Crippen molar-refractivity contribution in [3.63, 3.8) is 0 Å². The van der Waals surface area contributed by atoms with Crippen LogP contribution in [0, 0.1) is 13.8 Å². The monoisotopic (exact) mass is 289 g/mol. The van der Waals surface area contributed by atoms with Gasteiger partial charge in [-0.25, -0.2) is 9.69 Å². The predicted octanol–water partition coefficient (Wildman–Crippen LogP) is 3.90. The molecule has 2 rings (SSSR count). The lowest BCUT2D eigenvalue weighted by Crippen LogP contribution is -2.35. The lowest BCUT2D eigenvalue weighted by molar-refractivity contribution is -0.127. The van der Waals surface area contributed by atoms with Gasteiger partial charge < -0.3 is 4.74 Å². The predicted molar refractivity (Wildman–Crippen MR) is 81.0 cm³/mol. The molecule has 4 heteroatoms. The van der Waals surface area contributed by atoms with E-state index in [1.54, 1.807) is 0 Å². The third-order valence-electron chi connectivity index (χ3n) is 3.92. The normalized spacial score (nSPS) is 18.1. The first-order chi connectivity index (χ1) is 10.0. The molecule has 0 saturated carbocycles. The summed E-state index contributed by atoms with van der Waals surface area (Å²) < 4.78 is 5.22. The molecule has 0 spiro atoms. The molecule has 1 fully saturated rings. The minimum atomic E-state index is -0.504. The Balaban J connectivity index is 2.18. The largest absolute Gasteiger partial charge is 0.449 e. The summed E-state index contributed by atoms with van der Waals surface area (Å²) in [6.45, 7) is 6.46. The number of aryl methyl sites for hydroxylation is 2. The average Bonchev–Trinajstić information content (AvgIpc) is 2.80. The molecule has 21 heavy (non-hydrogen) atoms. The second-order valence-electron chi connectivity index (χ2n) is 5.65. The Morgan fingerprint density at radius 1 is 1.38 bits per heavy atom. The van der Waals surface area contributed by atoms with Gasteiger partial charge in [-0.05, 0) is 37.8 Å². The number of unbranched alkanes of at least 4 members (excludes halogenated alkanes) is 1. The molecule has 1 saturated heterocycles. The molecule has 1 aromatic carbocycles. The highest BCUT2D eigenvalue weighted by molar-refractivity contribution is 5.94. The van der Waals surface area contributed by atoms with Gasteiger partial charge in [0.05, 0.1) is 12.6 Å². The van der Waals surface area contributed by atoms with Gasteiger partial charge in [0.1, 0.15) is 0 Å². The Hall–Kier alpha value is -1.84. The Morgan fingerprint density at radius 3 is 2.81 bits per heavy atom. The number of ether oxygens (including phenoxy) is 1. The van der Waals surface area contributed by atoms with Crippen molar-refractivity contribution in [2.75, 3.05) is 6.61 Å². The number of carbonyl (C=O) groups is 2. The zero-order valence-corrected chi connectivity index (χ0v) is 13.0. The Labute approximate surface area is 126 Å². The fraction of sp³-hybridized carbons (Fsp3) is 0.529. The number of imide groups is 1. The molecule has 2 amide bonds. The van der Waals surface area contributed by atoms with E-state index in [1.807, 2.05) is 32.9 Å². The Bertz CT molecular complexity index is 539. The topological polar surface area (TPSA) is 46.6 Å². The van der Waals surface area contributed by atoms with Crippen molar-refractivity contribution < 1.29 is 14.3 Å². The number of benzene rings is 1. The van der Waals surface area contributed by atoms with Crippen molar-refractivity contribution >= 4 is 12.0 Å². The number of hydrogen-bond acceptors (Lipinski definition) is 3. The van der Waals surface area contributed by atoms with Gasteiger partial charge in [-0.2, -0.15) is 0 Å². The molecular formula is C17H23NO3. The van der Waals surface area contributed by atoms with Crippen LogP contribution in [0.25, 0.3) is 0 Å². The van der Waals surface area contributed by atoms with Gasteiger partial charge >= 0.3 is 6.09 Å². The first kappa shape index (κ1) is 15.5. The molecule has 0 bridgehead atoms. The van der Waals surface area contributed by atoms with E-state index in [0.717, 1.165) is 24.0 Å². The van der Waals surface area contributed by atoms with Crippen molar-refractivity contribution in [1.82, 2.24) is 4.90 Å². The van der Waals surface area contributed by atoms with E-state index >= 15 is 0 Å². The summed E-state index contributed by atoms with van der Waals surface area (Å²) >= 11 is 0. The molecule has 0 aliphatic carbocycles. The number of rotatable bonds is 4. The van der Waals surface area contributed by atoms with Crippen LogP contribution in [0.3, 0.4) is 0 Å². The zero-order valence-electron chi connectivity index (χ0n) is 13.0. The van der Waals surface area contributed by atoms with Crippen molar-refractivity contribution in [2.24, 2.45) is 0 Å². The SMILES string of the molecule is CCCCOC(=O)N1C(=O)CCC1c1ccc(C)cc1C. The van der Waals surface area contributed by atoms with Gasteiger partial charge in [-0.1, -0.05) is 37.1 Å². The fourth-order valence-electron chi connectivity index (χ4n) is 2.78. The number of carbonyl (C=O) groups excluding carboxylic acids is 2. The van der Waals surface area contributed by atoms with Crippen molar-refractivity contribution in [2.45, 2.75) is 52.5 Å². The van der Waals surface area contributed by atoms with E-state index in [1.165, 1.54) is 10.5 Å². The molecule has 1 aromatic rings. The maximum absolute atomic E-state index is 12.2. The first-order valence-corrected chi connectivity index (χ1v) is 7.60. The molecule has 1 aliphatic heterocycles. The van der Waals surface area contributed by atoms with Crippen LogP contribution in [0.5, 0.6) is 0 Å². The van der Waals surface area contributed by atoms with E-state index in [9.17, 15) is 9.59 Å². The summed E-state index contributed by atoms with van der Waals surface area (Å²) in [5.41, 5.74) is 3.33. The third kappa shape index (κ3) is 3.43. The van der Waals surface area contributed by atoms with Crippen LogP contribution in [-0.4, -0.2) is 23.5 Å². The van der Waals surface area contributed by atoms with Crippen LogP contribution in [0.2, 0.25) is 0 Å². The van der Waals surface area contributed by atoms with Crippen molar-refractivity contribution in [1.29, 1.82) is 0 Å². The number of hydrogen-bond donors (Lipinski definition) is 0. The smallest absolute Gasteiger partial charge is 0.417 e. The highest BCUT2D eigenvalue weighted by Gasteiger charge is 2.38. The van der Waals surface area contributed by atoms with E-state index < -0.39 is 6.09 Å². The molecule has 0 N–H and O–H groups in total. The summed E-state index contributed by atoms with van der Waals surface area (Å²) in [4.78, 5) is 25.5. The molecule has 114 valence electrons. The van der Waals surface area contributed by atoms with Gasteiger partial charge in [0.2, 0.25) is 5.91 Å². The van der Waals surface area contributed by atoms with Crippen LogP contribution in [0.15, 0.2) is 18.2 Å². The summed E-state index contributed by atoms with van der Waals surface area (Å²) in [7, 11) is 0. The molecule has 1 heterocycles. The van der Waals surface area contributed by atoms with Crippen LogP contribution >= 0.6 is 0 Å². The minimum Gasteiger partial charge on any atom is -0.449 e. The lowest BCUT2D eigenvalue weighted by Gasteiger charge is -2.24. The average molecular weight is 289 g/mol. The second-order valence-corrected chi connectivity index (χ2v) is 5.65. The quantitative estimate of drug-likeness (QED) is 0.790. The van der Waals surface area contributed by atoms with Crippen molar-refractivity contribution in [3.8, 4) is 0 Å². The molecule has 1 aliphatic rings. The lowest BCUT2D eigenvalue weighted by atomic mass is 9.98. The Morgan fingerprint density at radius 2 is 2.14 bits per heavy atom. The van der Waals surface area contributed by atoms with Gasteiger partial charge in [0, 0.05) is 6.42 Å². The second kappa shape index (κ2) is 6.74. The van der Waals surface area contributed by atoms with E-state index in [2.05, 4.69) is 6.07 Å². The van der Waals surface area contributed by atoms with Crippen LogP contribution < -0.4 is 0 Å². The Kier molecular flexibility index (Phi) is 4.99. The summed E-state index contributed by atoms with van der Waals surface area (Å²) in [5.74, 6) is -0.138. The van der Waals surface area contributed by atoms with Gasteiger partial charge in [0.15, 0.2) is 0 Å². The third-order valence-corrected chi connectivity index (χ3v) is 3.92.